The van der Waals surface area contributed by atoms with Gasteiger partial charge in [-0.1, -0.05) is 0 Å². The van der Waals surface area contributed by atoms with Gasteiger partial charge in [-0.3, -0.25) is 4.79 Å². The number of hydrogen-bond donors (Lipinski definition) is 3. The molecule has 4 N–H and O–H groups in total. The van der Waals surface area contributed by atoms with Crippen molar-refractivity contribution in [3.05, 3.63) is 24.0 Å². The minimum atomic E-state index is -0.321. The fourth-order valence-corrected chi connectivity index (χ4v) is 1.53. The second kappa shape index (κ2) is 4.82. The minimum absolute atomic E-state index is 0.304. The van der Waals surface area contributed by atoms with Gasteiger partial charge in [-0.2, -0.15) is 0 Å². The first-order valence-corrected chi connectivity index (χ1v) is 5.32. The van der Waals surface area contributed by atoms with Gasteiger partial charge in [0.25, 0.3) is 0 Å². The molecule has 2 aromatic rings. The maximum absolute atomic E-state index is 12.9. The van der Waals surface area contributed by atoms with E-state index in [1.165, 1.54) is 12.1 Å². The van der Waals surface area contributed by atoms with E-state index in [1.54, 1.807) is 6.07 Å². The van der Waals surface area contributed by atoms with Crippen molar-refractivity contribution < 1.29 is 9.18 Å². The number of primary amides is 1. The maximum Gasteiger partial charge on any atom is 0.217 e. The van der Waals surface area contributed by atoms with Gasteiger partial charge in [-0.25, -0.2) is 9.37 Å². The van der Waals surface area contributed by atoms with E-state index in [1.807, 2.05) is 0 Å². The Kier molecular flexibility index (Phi) is 3.22. The molecule has 17 heavy (non-hydrogen) atoms. The molecule has 1 aromatic heterocycles. The van der Waals surface area contributed by atoms with Crippen LogP contribution in [0.5, 0.6) is 0 Å². The fraction of sp³-hybridized carbons (Fsp3) is 0.273. The number of aromatic nitrogens is 2. The van der Waals surface area contributed by atoms with Crippen LogP contribution in [0.3, 0.4) is 0 Å². The van der Waals surface area contributed by atoms with E-state index in [2.05, 4.69) is 15.3 Å². The summed E-state index contributed by atoms with van der Waals surface area (Å²) in [5, 5.41) is 3.01. The molecule has 0 aliphatic heterocycles. The van der Waals surface area contributed by atoms with Crippen LogP contribution in [0.1, 0.15) is 12.8 Å². The van der Waals surface area contributed by atoms with Crippen molar-refractivity contribution >= 4 is 22.9 Å². The molecule has 0 saturated heterocycles. The first kappa shape index (κ1) is 11.4. The lowest BCUT2D eigenvalue weighted by Gasteiger charge is -2.00. The van der Waals surface area contributed by atoms with Crippen LogP contribution in [-0.4, -0.2) is 22.4 Å². The number of nitrogens with one attached hydrogen (secondary N) is 2. The third-order valence-corrected chi connectivity index (χ3v) is 2.34. The van der Waals surface area contributed by atoms with Crippen molar-refractivity contribution in [2.24, 2.45) is 5.73 Å². The monoisotopic (exact) mass is 236 g/mol. The van der Waals surface area contributed by atoms with Crippen molar-refractivity contribution in [1.82, 2.24) is 9.97 Å². The summed E-state index contributed by atoms with van der Waals surface area (Å²) < 4.78 is 12.9. The Morgan fingerprint density at radius 2 is 2.35 bits per heavy atom. The zero-order valence-electron chi connectivity index (χ0n) is 9.16. The van der Waals surface area contributed by atoms with Crippen LogP contribution in [0.4, 0.5) is 10.3 Å². The molecule has 0 atom stereocenters. The number of rotatable bonds is 5. The van der Waals surface area contributed by atoms with Crippen LogP contribution < -0.4 is 11.1 Å². The number of H-pyrrole nitrogens is 1. The second-order valence-electron chi connectivity index (χ2n) is 3.74. The van der Waals surface area contributed by atoms with Gasteiger partial charge < -0.3 is 16.0 Å². The van der Waals surface area contributed by atoms with Crippen LogP contribution in [0, 0.1) is 5.82 Å². The molecule has 6 heteroatoms. The zero-order valence-corrected chi connectivity index (χ0v) is 9.16. The summed E-state index contributed by atoms with van der Waals surface area (Å²) in [6, 6.07) is 4.35. The Balaban J connectivity index is 1.97. The lowest BCUT2D eigenvalue weighted by molar-refractivity contribution is -0.118. The number of anilines is 1. The van der Waals surface area contributed by atoms with Gasteiger partial charge in [0.05, 0.1) is 11.0 Å². The number of benzene rings is 1. The lowest BCUT2D eigenvalue weighted by atomic mass is 10.3. The molecule has 0 spiro atoms. The van der Waals surface area contributed by atoms with Crippen LogP contribution in [-0.2, 0) is 4.79 Å². The van der Waals surface area contributed by atoms with E-state index >= 15 is 0 Å². The van der Waals surface area contributed by atoms with Gasteiger partial charge in [-0.05, 0) is 24.6 Å². The SMILES string of the molecule is NC(=O)CCCNc1nc2ccc(F)cc2[nH]1. The van der Waals surface area contributed by atoms with E-state index in [-0.39, 0.29) is 11.7 Å². The van der Waals surface area contributed by atoms with Crippen LogP contribution >= 0.6 is 0 Å². The number of halogens is 1. The van der Waals surface area contributed by atoms with Crippen LogP contribution in [0.25, 0.3) is 11.0 Å². The average molecular weight is 236 g/mol. The Labute approximate surface area is 97.2 Å². The van der Waals surface area contributed by atoms with E-state index < -0.39 is 0 Å². The van der Waals surface area contributed by atoms with E-state index in [4.69, 9.17) is 5.73 Å². The number of nitrogens with two attached hydrogens (primary N) is 1. The van der Waals surface area contributed by atoms with Gasteiger partial charge >= 0.3 is 0 Å². The molecule has 1 heterocycles. The normalized spacial score (nSPS) is 10.6. The molecule has 2 rings (SSSR count). The molecule has 1 aromatic carbocycles. The van der Waals surface area contributed by atoms with Crippen molar-refractivity contribution in [2.45, 2.75) is 12.8 Å². The Bertz CT molecular complexity index is 537. The smallest absolute Gasteiger partial charge is 0.217 e. The molecular formula is C11H13FN4O. The maximum atomic E-state index is 12.9. The number of hydrogen-bond acceptors (Lipinski definition) is 3. The van der Waals surface area contributed by atoms with Crippen LogP contribution in [0.15, 0.2) is 18.2 Å². The van der Waals surface area contributed by atoms with E-state index in [0.29, 0.717) is 36.4 Å². The number of carbonyl (C=O) groups excluding carboxylic acids is 1. The number of amides is 1. The molecule has 0 radical (unpaired) electrons. The highest BCUT2D eigenvalue weighted by Gasteiger charge is 2.03. The summed E-state index contributed by atoms with van der Waals surface area (Å²) >= 11 is 0. The summed E-state index contributed by atoms with van der Waals surface area (Å²) in [5.74, 6) is -0.0602. The standard InChI is InChI=1S/C11H13FN4O/c12-7-3-4-8-9(6-7)16-11(15-8)14-5-1-2-10(13)17/h3-4,6H,1-2,5H2,(H2,13,17)(H2,14,15,16). The van der Waals surface area contributed by atoms with Crippen molar-refractivity contribution in [1.29, 1.82) is 0 Å². The van der Waals surface area contributed by atoms with Crippen LogP contribution in [0.2, 0.25) is 0 Å². The van der Waals surface area contributed by atoms with Crippen molar-refractivity contribution in [3.8, 4) is 0 Å². The van der Waals surface area contributed by atoms with E-state index in [0.717, 1.165) is 0 Å². The summed E-state index contributed by atoms with van der Waals surface area (Å²) in [6.07, 6.45) is 0.975. The summed E-state index contributed by atoms with van der Waals surface area (Å²) in [5.41, 5.74) is 6.36. The van der Waals surface area contributed by atoms with Crippen molar-refractivity contribution in [3.63, 3.8) is 0 Å². The number of fused-ring (bicyclic) bond motifs is 1. The summed E-state index contributed by atoms with van der Waals surface area (Å²) in [7, 11) is 0. The van der Waals surface area contributed by atoms with Gasteiger partial charge in [-0.15, -0.1) is 0 Å². The molecule has 0 saturated carbocycles. The van der Waals surface area contributed by atoms with Gasteiger partial charge in [0, 0.05) is 13.0 Å². The molecule has 0 bridgehead atoms. The van der Waals surface area contributed by atoms with E-state index in [9.17, 15) is 9.18 Å². The Morgan fingerprint density at radius 3 is 3.12 bits per heavy atom. The second-order valence-corrected chi connectivity index (χ2v) is 3.74. The number of imidazole rings is 1. The first-order chi connectivity index (χ1) is 8.15. The van der Waals surface area contributed by atoms with Gasteiger partial charge in [0.1, 0.15) is 5.82 Å². The molecule has 5 nitrogen and oxygen atoms in total. The Hall–Kier alpha value is -2.11. The third kappa shape index (κ3) is 2.93. The lowest BCUT2D eigenvalue weighted by Crippen LogP contribution is -2.12. The van der Waals surface area contributed by atoms with Gasteiger partial charge in [0.15, 0.2) is 0 Å². The van der Waals surface area contributed by atoms with Gasteiger partial charge in [0.2, 0.25) is 11.9 Å². The topological polar surface area (TPSA) is 83.8 Å². The summed E-state index contributed by atoms with van der Waals surface area (Å²) in [4.78, 5) is 17.7. The fourth-order valence-electron chi connectivity index (χ4n) is 1.53. The predicted octanol–water partition coefficient (Wildman–Crippen LogP) is 1.38. The molecule has 90 valence electrons. The average Bonchev–Trinajstić information content (AvgIpc) is 2.66. The molecule has 0 aliphatic carbocycles. The molecule has 0 aliphatic rings. The molecular weight excluding hydrogens is 223 g/mol. The number of nitrogens with zero attached hydrogens (tertiary/aromatic N) is 1. The molecule has 1 amide bonds. The third-order valence-electron chi connectivity index (χ3n) is 2.34. The number of carbonyl (C=O) groups is 1. The quantitative estimate of drug-likeness (QED) is 0.686. The molecule has 0 fully saturated rings. The highest BCUT2D eigenvalue weighted by Crippen LogP contribution is 2.15. The zero-order chi connectivity index (χ0) is 12.3. The minimum Gasteiger partial charge on any atom is -0.370 e. The first-order valence-electron chi connectivity index (χ1n) is 5.32. The van der Waals surface area contributed by atoms with Crippen molar-refractivity contribution in [2.75, 3.05) is 11.9 Å². The largest absolute Gasteiger partial charge is 0.370 e. The predicted molar refractivity (Wildman–Crippen MR) is 63.0 cm³/mol. The summed E-state index contributed by atoms with van der Waals surface area (Å²) in [6.45, 7) is 0.589. The Morgan fingerprint density at radius 1 is 1.53 bits per heavy atom. The number of aromatic amines is 1. The molecule has 0 unspecified atom stereocenters. The highest BCUT2D eigenvalue weighted by molar-refractivity contribution is 5.77. The highest BCUT2D eigenvalue weighted by atomic mass is 19.1.